The minimum absolute atomic E-state index is 0.0579. The molecule has 1 aromatic rings. The summed E-state index contributed by atoms with van der Waals surface area (Å²) < 4.78 is 16.1. The van der Waals surface area contributed by atoms with Crippen LogP contribution in [0.2, 0.25) is 0 Å². The van der Waals surface area contributed by atoms with E-state index in [0.29, 0.717) is 12.5 Å². The van der Waals surface area contributed by atoms with E-state index in [1.165, 1.54) is 37.9 Å². The molecule has 0 radical (unpaired) electrons. The molecule has 1 aromatic carbocycles. The Morgan fingerprint density at radius 2 is 1.83 bits per heavy atom. The van der Waals surface area contributed by atoms with E-state index in [1.807, 2.05) is 6.92 Å². The van der Waals surface area contributed by atoms with E-state index in [4.69, 9.17) is 5.73 Å². The van der Waals surface area contributed by atoms with Crippen molar-refractivity contribution >= 4 is 23.2 Å². The third-order valence-electron chi connectivity index (χ3n) is 9.56. The van der Waals surface area contributed by atoms with Crippen molar-refractivity contribution in [2.45, 2.75) is 63.6 Å². The summed E-state index contributed by atoms with van der Waals surface area (Å²) in [5, 5.41) is 44.8. The van der Waals surface area contributed by atoms with Gasteiger partial charge in [0.1, 0.15) is 28.7 Å². The van der Waals surface area contributed by atoms with Gasteiger partial charge in [0.15, 0.2) is 11.4 Å². The molecule has 0 heterocycles. The number of fused-ring (bicyclic) bond motifs is 3. The van der Waals surface area contributed by atoms with Crippen molar-refractivity contribution in [3.05, 3.63) is 45.5 Å². The van der Waals surface area contributed by atoms with Gasteiger partial charge in [-0.2, -0.15) is 0 Å². The molecule has 0 spiro atoms. The molecule has 0 saturated heterocycles. The molecule has 4 aliphatic rings. The molecule has 4 aliphatic carbocycles. The smallest absolute Gasteiger partial charge is 0.255 e. The number of aliphatic hydroxyl groups excluding tert-OH is 2. The first-order valence-corrected chi connectivity index (χ1v) is 14.2. The molecule has 1 amide bonds. The predicted molar refractivity (Wildman–Crippen MR) is 147 cm³/mol. The summed E-state index contributed by atoms with van der Waals surface area (Å²) in [6, 6.07) is 0.0721. The van der Waals surface area contributed by atoms with Crippen LogP contribution < -0.4 is 5.73 Å². The molecule has 0 aromatic heterocycles. The van der Waals surface area contributed by atoms with E-state index in [0.717, 1.165) is 19.4 Å². The number of nitrogens with zero attached hydrogens (tertiary/aromatic N) is 2. The molecule has 4 atom stereocenters. The lowest BCUT2D eigenvalue weighted by Gasteiger charge is -2.50. The summed E-state index contributed by atoms with van der Waals surface area (Å²) in [4.78, 5) is 42.7. The van der Waals surface area contributed by atoms with E-state index in [2.05, 4.69) is 4.90 Å². The van der Waals surface area contributed by atoms with E-state index >= 15 is 4.39 Å². The number of hydrogen-bond donors (Lipinski definition) is 5. The van der Waals surface area contributed by atoms with Crippen molar-refractivity contribution in [1.82, 2.24) is 9.80 Å². The highest BCUT2D eigenvalue weighted by molar-refractivity contribution is 6.24. The number of carbonyl (C=O) groups excluding carboxylic acids is 3. The number of carbonyl (C=O) groups is 3. The van der Waals surface area contributed by atoms with Gasteiger partial charge in [0.05, 0.1) is 11.6 Å². The van der Waals surface area contributed by atoms with Gasteiger partial charge in [-0.3, -0.25) is 24.2 Å². The van der Waals surface area contributed by atoms with Crippen LogP contribution in [-0.4, -0.2) is 86.5 Å². The van der Waals surface area contributed by atoms with E-state index in [-0.39, 0.29) is 41.6 Å². The molecule has 0 aliphatic heterocycles. The third-order valence-corrected chi connectivity index (χ3v) is 9.56. The molecule has 222 valence electrons. The number of primary amides is 1. The number of likely N-dealkylation sites (N-methyl/N-ethyl adjacent to an activating group) is 1. The Hall–Kier alpha value is -3.28. The van der Waals surface area contributed by atoms with Crippen molar-refractivity contribution in [2.24, 2.45) is 23.5 Å². The number of benzene rings is 1. The number of Topliss-reactive ketones (excluding diaryl/α,β-unsaturated/α-hetero) is 2. The number of halogens is 1. The average molecular weight is 572 g/mol. The van der Waals surface area contributed by atoms with Crippen molar-refractivity contribution < 1.29 is 39.2 Å². The van der Waals surface area contributed by atoms with Gasteiger partial charge in [-0.05, 0) is 64.2 Å². The van der Waals surface area contributed by atoms with Crippen LogP contribution >= 0.6 is 0 Å². The zero-order valence-electron chi connectivity index (χ0n) is 23.6. The van der Waals surface area contributed by atoms with Crippen LogP contribution in [-0.2, 0) is 27.3 Å². The van der Waals surface area contributed by atoms with Gasteiger partial charge in [-0.25, -0.2) is 4.39 Å². The van der Waals surface area contributed by atoms with Gasteiger partial charge in [0.2, 0.25) is 5.78 Å². The predicted octanol–water partition coefficient (Wildman–Crippen LogP) is 2.12. The lowest BCUT2D eigenvalue weighted by atomic mass is 9.57. The second kappa shape index (κ2) is 10.5. The molecule has 11 heteroatoms. The Bertz CT molecular complexity index is 1380. The number of aliphatic hydroxyl groups is 3. The summed E-state index contributed by atoms with van der Waals surface area (Å²) in [7, 11) is 3.06. The van der Waals surface area contributed by atoms with Crippen molar-refractivity contribution in [2.75, 3.05) is 27.2 Å². The van der Waals surface area contributed by atoms with Crippen molar-refractivity contribution in [3.63, 3.8) is 0 Å². The summed E-state index contributed by atoms with van der Waals surface area (Å²) in [6.45, 7) is 3.80. The van der Waals surface area contributed by atoms with E-state index in [9.17, 15) is 34.8 Å². The lowest BCUT2D eigenvalue weighted by molar-refractivity contribution is -0.153. The van der Waals surface area contributed by atoms with Crippen LogP contribution in [0.5, 0.6) is 5.75 Å². The highest BCUT2D eigenvalue weighted by Gasteiger charge is 2.64. The third kappa shape index (κ3) is 4.45. The number of rotatable bonds is 7. The molecule has 0 unspecified atom stereocenters. The second-order valence-corrected chi connectivity index (χ2v) is 12.2. The molecule has 41 heavy (non-hydrogen) atoms. The zero-order chi connectivity index (χ0) is 30.0. The maximum atomic E-state index is 16.1. The fraction of sp³-hybridized carbons (Fsp3) is 0.567. The molecule has 0 bridgehead atoms. The van der Waals surface area contributed by atoms with Gasteiger partial charge in [-0.1, -0.05) is 19.8 Å². The molecular weight excluding hydrogens is 533 g/mol. The largest absolute Gasteiger partial charge is 0.508 e. The molecule has 2 saturated carbocycles. The fourth-order valence-electron chi connectivity index (χ4n) is 7.57. The summed E-state index contributed by atoms with van der Waals surface area (Å²) in [5.41, 5.74) is 1.55. The van der Waals surface area contributed by atoms with Crippen molar-refractivity contribution in [3.8, 4) is 5.75 Å². The van der Waals surface area contributed by atoms with Gasteiger partial charge in [0.25, 0.3) is 5.91 Å². The Kier molecular flexibility index (Phi) is 7.50. The maximum Gasteiger partial charge on any atom is 0.255 e. The van der Waals surface area contributed by atoms with Crippen LogP contribution in [0.25, 0.3) is 5.76 Å². The standard InChI is InChI=1S/C30H38FN3O7/c1-4-34(12-14-7-5-6-8-14)13-16-11-19(35)21-17(23(16)31)9-15-10-18-24(33(2)3)26(37)22(29(32)40)28(39)30(18,41)27(38)20(15)25(21)36/h11,14-15,18,24,35-36,39,41H,4-10,12-13H2,1-3H3,(H2,32,40)/t15-,18-,24-,30-/m0/s1. The van der Waals surface area contributed by atoms with E-state index < -0.39 is 69.6 Å². The van der Waals surface area contributed by atoms with Gasteiger partial charge in [0, 0.05) is 35.7 Å². The monoisotopic (exact) mass is 571 g/mol. The lowest BCUT2D eigenvalue weighted by Crippen LogP contribution is -2.65. The van der Waals surface area contributed by atoms with Crippen LogP contribution in [0.3, 0.4) is 0 Å². The number of phenols is 1. The Morgan fingerprint density at radius 3 is 2.41 bits per heavy atom. The molecule has 5 rings (SSSR count). The number of amides is 1. The van der Waals surface area contributed by atoms with Crippen molar-refractivity contribution in [1.29, 1.82) is 0 Å². The van der Waals surface area contributed by atoms with Gasteiger partial charge in [-0.15, -0.1) is 0 Å². The second-order valence-electron chi connectivity index (χ2n) is 12.2. The summed E-state index contributed by atoms with van der Waals surface area (Å²) in [5.74, 6) is -7.54. The van der Waals surface area contributed by atoms with Gasteiger partial charge >= 0.3 is 0 Å². The highest BCUT2D eigenvalue weighted by atomic mass is 19.1. The normalized spacial score (nSPS) is 28.4. The first kappa shape index (κ1) is 29.2. The Balaban J connectivity index is 1.58. The Labute approximate surface area is 237 Å². The van der Waals surface area contributed by atoms with Crippen LogP contribution in [0.1, 0.15) is 55.7 Å². The maximum absolute atomic E-state index is 16.1. The van der Waals surface area contributed by atoms with Crippen LogP contribution in [0, 0.1) is 23.6 Å². The quantitative estimate of drug-likeness (QED) is 0.308. The number of ketones is 2. The zero-order valence-corrected chi connectivity index (χ0v) is 23.6. The number of phenolic OH excluding ortho intramolecular Hbond substituents is 1. The molecule has 10 nitrogen and oxygen atoms in total. The minimum atomic E-state index is -2.72. The average Bonchev–Trinajstić information content (AvgIpc) is 3.41. The highest BCUT2D eigenvalue weighted by Crippen LogP contribution is 2.53. The van der Waals surface area contributed by atoms with Gasteiger partial charge < -0.3 is 26.2 Å². The summed E-state index contributed by atoms with van der Waals surface area (Å²) in [6.07, 6.45) is 4.51. The fourth-order valence-corrected chi connectivity index (χ4v) is 7.57. The minimum Gasteiger partial charge on any atom is -0.508 e. The number of nitrogens with two attached hydrogens (primary N) is 1. The first-order chi connectivity index (χ1) is 19.3. The molecule has 2 fully saturated rings. The molecule has 6 N–H and O–H groups in total. The topological polar surface area (TPSA) is 165 Å². The number of aromatic hydroxyl groups is 1. The number of hydrogen-bond acceptors (Lipinski definition) is 9. The van der Waals surface area contributed by atoms with Crippen LogP contribution in [0.15, 0.2) is 23.0 Å². The summed E-state index contributed by atoms with van der Waals surface area (Å²) >= 11 is 0. The molecular formula is C30H38FN3O7. The van der Waals surface area contributed by atoms with E-state index in [1.54, 1.807) is 0 Å². The first-order valence-electron chi connectivity index (χ1n) is 14.2. The van der Waals surface area contributed by atoms with Crippen LogP contribution in [0.4, 0.5) is 4.39 Å². The SMILES string of the molecule is CCN(Cc1cc(O)c2c(c1F)C[C@H]1C[C@H]3[C@H](N(C)C)C(=O)C(C(N)=O)=C(O)[C@@]3(O)C(=O)C1=C2O)CC1CCCC1. The Morgan fingerprint density at radius 1 is 1.17 bits per heavy atom.